The van der Waals surface area contributed by atoms with E-state index in [0.717, 1.165) is 5.56 Å². The summed E-state index contributed by atoms with van der Waals surface area (Å²) < 4.78 is 5.69. The molecule has 0 heterocycles. The molecule has 6 nitrogen and oxygen atoms in total. The van der Waals surface area contributed by atoms with E-state index in [1.54, 1.807) is 12.1 Å². The number of ether oxygens (including phenoxy) is 1. The minimum atomic E-state index is -0.739. The van der Waals surface area contributed by atoms with Crippen LogP contribution in [0.5, 0.6) is 11.5 Å². The summed E-state index contributed by atoms with van der Waals surface area (Å²) in [6.07, 6.45) is -0.739. The summed E-state index contributed by atoms with van der Waals surface area (Å²) in [5.41, 5.74) is 1.40. The van der Waals surface area contributed by atoms with Gasteiger partial charge >= 0.3 is 0 Å². The highest BCUT2D eigenvalue weighted by Gasteiger charge is 2.12. The third-order valence-electron chi connectivity index (χ3n) is 3.05. The monoisotopic (exact) mass is 336 g/mol. The number of alkyl halides is 1. The van der Waals surface area contributed by atoms with Crippen molar-refractivity contribution in [3.8, 4) is 11.5 Å². The van der Waals surface area contributed by atoms with Crippen LogP contribution in [0.1, 0.15) is 5.56 Å². The molecule has 2 aromatic carbocycles. The van der Waals surface area contributed by atoms with E-state index >= 15 is 0 Å². The molecule has 2 N–H and O–H groups in total. The van der Waals surface area contributed by atoms with Crippen LogP contribution in [0.3, 0.4) is 0 Å². The van der Waals surface area contributed by atoms with Gasteiger partial charge in [0.25, 0.3) is 5.69 Å². The van der Waals surface area contributed by atoms with E-state index in [-0.39, 0.29) is 18.1 Å². The molecule has 1 atom stereocenters. The third-order valence-corrected chi connectivity index (χ3v) is 3.40. The Morgan fingerprint density at radius 3 is 2.74 bits per heavy atom. The van der Waals surface area contributed by atoms with Gasteiger partial charge in [0.2, 0.25) is 0 Å². The number of non-ortho nitro benzene ring substituents is 1. The van der Waals surface area contributed by atoms with Crippen LogP contribution in [-0.2, 0) is 0 Å². The zero-order valence-electron chi connectivity index (χ0n) is 12.5. The number of nitro benzene ring substituents is 1. The van der Waals surface area contributed by atoms with Crippen LogP contribution < -0.4 is 10.1 Å². The van der Waals surface area contributed by atoms with Gasteiger partial charge in [-0.05, 0) is 24.6 Å². The summed E-state index contributed by atoms with van der Waals surface area (Å²) in [7, 11) is 0. The quantitative estimate of drug-likeness (QED) is 0.457. The van der Waals surface area contributed by atoms with Crippen molar-refractivity contribution in [3.63, 3.8) is 0 Å². The lowest BCUT2D eigenvalue weighted by Gasteiger charge is -2.12. The summed E-state index contributed by atoms with van der Waals surface area (Å²) in [6, 6.07) is 11.8. The van der Waals surface area contributed by atoms with E-state index in [1.807, 2.05) is 25.1 Å². The number of nitro groups is 1. The Kier molecular flexibility index (Phi) is 5.78. The summed E-state index contributed by atoms with van der Waals surface area (Å²) in [5, 5.41) is 23.4. The van der Waals surface area contributed by atoms with E-state index in [0.29, 0.717) is 17.2 Å². The Labute approximate surface area is 138 Å². The zero-order chi connectivity index (χ0) is 16.8. The molecule has 122 valence electrons. The van der Waals surface area contributed by atoms with Gasteiger partial charge in [-0.2, -0.15) is 0 Å². The maximum atomic E-state index is 11.1. The molecule has 0 fully saturated rings. The number of hydrogen-bond acceptors (Lipinski definition) is 5. The van der Waals surface area contributed by atoms with E-state index < -0.39 is 11.0 Å². The molecule has 0 aliphatic rings. The Morgan fingerprint density at radius 1 is 1.30 bits per heavy atom. The fourth-order valence-electron chi connectivity index (χ4n) is 1.95. The lowest BCUT2D eigenvalue weighted by molar-refractivity contribution is -0.384. The van der Waals surface area contributed by atoms with Crippen molar-refractivity contribution in [2.24, 2.45) is 0 Å². The van der Waals surface area contributed by atoms with E-state index in [1.165, 1.54) is 12.1 Å². The van der Waals surface area contributed by atoms with Crippen LogP contribution in [0, 0.1) is 17.0 Å². The van der Waals surface area contributed by atoms with Crippen LogP contribution in [0.2, 0.25) is 0 Å². The van der Waals surface area contributed by atoms with E-state index in [9.17, 15) is 15.2 Å². The van der Waals surface area contributed by atoms with Crippen LogP contribution >= 0.6 is 11.6 Å². The summed E-state index contributed by atoms with van der Waals surface area (Å²) >= 11 is 5.53. The molecule has 1 unspecified atom stereocenters. The Bertz CT molecular complexity index is 694. The predicted octanol–water partition coefficient (Wildman–Crippen LogP) is 3.71. The van der Waals surface area contributed by atoms with Crippen molar-refractivity contribution in [2.45, 2.75) is 13.0 Å². The number of nitrogens with zero attached hydrogens (tertiary/aromatic N) is 1. The molecule has 0 radical (unpaired) electrons. The Hall–Kier alpha value is -2.31. The van der Waals surface area contributed by atoms with Gasteiger partial charge in [0.1, 0.15) is 11.5 Å². The van der Waals surface area contributed by atoms with E-state index in [2.05, 4.69) is 5.32 Å². The van der Waals surface area contributed by atoms with Gasteiger partial charge in [0, 0.05) is 24.4 Å². The number of nitrogens with one attached hydrogen (secondary N) is 1. The highest BCUT2D eigenvalue weighted by molar-refractivity contribution is 6.18. The standard InChI is InChI=1S/C16H17ClN2O4/c1-11-3-2-4-15(5-11)23-16-7-12(18-10-14(20)9-17)6-13(8-16)19(21)22/h2-8,14,18,20H,9-10H2,1H3. The first-order chi connectivity index (χ1) is 11.0. The Balaban J connectivity index is 2.23. The van der Waals surface area contributed by atoms with Gasteiger partial charge in [-0.1, -0.05) is 12.1 Å². The highest BCUT2D eigenvalue weighted by Crippen LogP contribution is 2.30. The molecule has 0 aliphatic heterocycles. The maximum Gasteiger partial charge on any atom is 0.275 e. The maximum absolute atomic E-state index is 11.1. The number of rotatable bonds is 7. The first kappa shape index (κ1) is 17.1. The number of anilines is 1. The van der Waals surface area contributed by atoms with Gasteiger partial charge in [-0.15, -0.1) is 11.6 Å². The second-order valence-corrected chi connectivity index (χ2v) is 5.39. The zero-order valence-corrected chi connectivity index (χ0v) is 13.3. The SMILES string of the molecule is Cc1cccc(Oc2cc(NCC(O)CCl)cc([N+](=O)[O-])c2)c1. The van der Waals surface area contributed by atoms with Crippen molar-refractivity contribution < 1.29 is 14.8 Å². The van der Waals surface area contributed by atoms with Gasteiger partial charge in [-0.3, -0.25) is 10.1 Å². The molecule has 2 aromatic rings. The topological polar surface area (TPSA) is 84.6 Å². The predicted molar refractivity (Wildman–Crippen MR) is 89.6 cm³/mol. The van der Waals surface area contributed by atoms with Crippen molar-refractivity contribution in [1.82, 2.24) is 0 Å². The average molecular weight is 337 g/mol. The molecule has 0 amide bonds. The minimum Gasteiger partial charge on any atom is -0.457 e. The fourth-order valence-corrected chi connectivity index (χ4v) is 2.06. The highest BCUT2D eigenvalue weighted by atomic mass is 35.5. The molecule has 0 aromatic heterocycles. The lowest BCUT2D eigenvalue weighted by atomic mass is 10.2. The van der Waals surface area contributed by atoms with Crippen molar-refractivity contribution in [1.29, 1.82) is 0 Å². The van der Waals surface area contributed by atoms with Gasteiger partial charge in [0.05, 0.1) is 23.0 Å². The van der Waals surface area contributed by atoms with Crippen molar-refractivity contribution in [2.75, 3.05) is 17.7 Å². The van der Waals surface area contributed by atoms with Gasteiger partial charge in [-0.25, -0.2) is 0 Å². The molecule has 7 heteroatoms. The molecule has 0 saturated heterocycles. The van der Waals surface area contributed by atoms with Crippen LogP contribution in [0.15, 0.2) is 42.5 Å². The number of benzene rings is 2. The van der Waals surface area contributed by atoms with Crippen LogP contribution in [0.4, 0.5) is 11.4 Å². The number of halogens is 1. The molecule has 23 heavy (non-hydrogen) atoms. The second kappa shape index (κ2) is 7.80. The first-order valence-corrected chi connectivity index (χ1v) is 7.53. The van der Waals surface area contributed by atoms with E-state index in [4.69, 9.17) is 16.3 Å². The fraction of sp³-hybridized carbons (Fsp3) is 0.250. The van der Waals surface area contributed by atoms with Crippen molar-refractivity contribution >= 4 is 23.0 Å². The van der Waals surface area contributed by atoms with Gasteiger partial charge < -0.3 is 15.2 Å². The summed E-state index contributed by atoms with van der Waals surface area (Å²) in [6.45, 7) is 2.12. The molecular formula is C16H17ClN2O4. The molecule has 2 rings (SSSR count). The molecule has 0 spiro atoms. The number of aliphatic hydroxyl groups excluding tert-OH is 1. The summed E-state index contributed by atoms with van der Waals surface area (Å²) in [5.74, 6) is 1.01. The molecular weight excluding hydrogens is 320 g/mol. The molecule has 0 bridgehead atoms. The lowest BCUT2D eigenvalue weighted by Crippen LogP contribution is -2.20. The van der Waals surface area contributed by atoms with Crippen LogP contribution in [-0.4, -0.2) is 28.6 Å². The second-order valence-electron chi connectivity index (χ2n) is 5.08. The largest absolute Gasteiger partial charge is 0.457 e. The number of hydrogen-bond donors (Lipinski definition) is 2. The minimum absolute atomic E-state index is 0.0780. The third kappa shape index (κ3) is 5.12. The first-order valence-electron chi connectivity index (χ1n) is 7.00. The average Bonchev–Trinajstić information content (AvgIpc) is 2.52. The molecule has 0 aliphatic carbocycles. The Morgan fingerprint density at radius 2 is 2.09 bits per heavy atom. The number of aryl methyl sites for hydroxylation is 1. The normalized spacial score (nSPS) is 11.8. The molecule has 0 saturated carbocycles. The summed E-state index contributed by atoms with van der Waals surface area (Å²) in [4.78, 5) is 10.6. The smallest absolute Gasteiger partial charge is 0.275 e. The van der Waals surface area contributed by atoms with Gasteiger partial charge in [0.15, 0.2) is 0 Å². The number of aliphatic hydroxyl groups is 1. The van der Waals surface area contributed by atoms with Crippen LogP contribution in [0.25, 0.3) is 0 Å². The van der Waals surface area contributed by atoms with Crippen molar-refractivity contribution in [3.05, 3.63) is 58.1 Å².